The highest BCUT2D eigenvalue weighted by molar-refractivity contribution is 7.92. The standard InChI is InChI=1S/C19H23N5O4S/c1-3-29(25,26)24-15-9-7-14(8-10-15)16-13-18(23-22-16)20-17-5-4-6-19(21-17)28-12-11-27-2/h4-10,13,24H,3,11-12H2,1-2H3,(H2,20,21,22,23). The number of aromatic nitrogens is 3. The van der Waals surface area contributed by atoms with Crippen molar-refractivity contribution >= 4 is 27.3 Å². The minimum atomic E-state index is -3.30. The second kappa shape index (κ2) is 9.39. The van der Waals surface area contributed by atoms with Crippen LogP contribution in [0.4, 0.5) is 17.3 Å². The van der Waals surface area contributed by atoms with Gasteiger partial charge in [-0.05, 0) is 30.7 Å². The number of nitrogens with zero attached hydrogens (tertiary/aromatic N) is 2. The third-order valence-corrected chi connectivity index (χ3v) is 5.25. The Labute approximate surface area is 169 Å². The molecule has 0 saturated heterocycles. The summed E-state index contributed by atoms with van der Waals surface area (Å²) < 4.78 is 36.3. The largest absolute Gasteiger partial charge is 0.475 e. The number of pyridine rings is 1. The summed E-state index contributed by atoms with van der Waals surface area (Å²) in [7, 11) is -1.68. The summed E-state index contributed by atoms with van der Waals surface area (Å²) in [4.78, 5) is 4.37. The number of ether oxygens (including phenoxy) is 2. The molecule has 1 aromatic carbocycles. The molecule has 0 fully saturated rings. The predicted octanol–water partition coefficient (Wildman–Crippen LogP) is 3.00. The molecule has 0 bridgehead atoms. The number of sulfonamides is 1. The number of rotatable bonds is 10. The number of hydrogen-bond donors (Lipinski definition) is 3. The maximum Gasteiger partial charge on any atom is 0.232 e. The molecule has 10 heteroatoms. The van der Waals surface area contributed by atoms with Gasteiger partial charge in [-0.15, -0.1) is 0 Å². The molecule has 3 N–H and O–H groups in total. The first-order chi connectivity index (χ1) is 14.0. The van der Waals surface area contributed by atoms with Crippen LogP contribution in [0.2, 0.25) is 0 Å². The van der Waals surface area contributed by atoms with Crippen molar-refractivity contribution < 1.29 is 17.9 Å². The van der Waals surface area contributed by atoms with Gasteiger partial charge in [0.25, 0.3) is 0 Å². The quantitative estimate of drug-likeness (QED) is 0.434. The summed E-state index contributed by atoms with van der Waals surface area (Å²) in [6.45, 7) is 2.50. The second-order valence-electron chi connectivity index (χ2n) is 6.08. The first-order valence-electron chi connectivity index (χ1n) is 9.01. The molecule has 0 atom stereocenters. The van der Waals surface area contributed by atoms with Gasteiger partial charge in [-0.25, -0.2) is 8.42 Å². The molecule has 0 aliphatic carbocycles. The zero-order chi connectivity index (χ0) is 20.7. The molecule has 0 amide bonds. The van der Waals surface area contributed by atoms with Crippen molar-refractivity contribution in [1.82, 2.24) is 15.2 Å². The Kier molecular flexibility index (Phi) is 6.68. The Balaban J connectivity index is 1.66. The van der Waals surface area contributed by atoms with Crippen LogP contribution in [0.15, 0.2) is 48.5 Å². The monoisotopic (exact) mass is 417 g/mol. The zero-order valence-corrected chi connectivity index (χ0v) is 17.0. The fraction of sp³-hybridized carbons (Fsp3) is 0.263. The second-order valence-corrected chi connectivity index (χ2v) is 8.09. The summed E-state index contributed by atoms with van der Waals surface area (Å²) in [6.07, 6.45) is 0. The highest BCUT2D eigenvalue weighted by atomic mass is 32.2. The summed E-state index contributed by atoms with van der Waals surface area (Å²) in [5.74, 6) is 1.71. The van der Waals surface area contributed by atoms with Crippen LogP contribution >= 0.6 is 0 Å². The molecule has 29 heavy (non-hydrogen) atoms. The molecular formula is C19H23N5O4S. The van der Waals surface area contributed by atoms with E-state index in [4.69, 9.17) is 9.47 Å². The van der Waals surface area contributed by atoms with Gasteiger partial charge in [0.05, 0.1) is 18.1 Å². The van der Waals surface area contributed by atoms with Crippen molar-refractivity contribution in [2.24, 2.45) is 0 Å². The summed E-state index contributed by atoms with van der Waals surface area (Å²) in [5, 5.41) is 10.3. The minimum Gasteiger partial charge on any atom is -0.475 e. The Bertz CT molecular complexity index is 1030. The third kappa shape index (κ3) is 5.93. The van der Waals surface area contributed by atoms with E-state index >= 15 is 0 Å². The van der Waals surface area contributed by atoms with Crippen LogP contribution in [0.25, 0.3) is 11.3 Å². The highest BCUT2D eigenvalue weighted by Gasteiger charge is 2.08. The predicted molar refractivity (Wildman–Crippen MR) is 112 cm³/mol. The van der Waals surface area contributed by atoms with Crippen molar-refractivity contribution in [1.29, 1.82) is 0 Å². The minimum absolute atomic E-state index is 0.0248. The maximum atomic E-state index is 11.6. The van der Waals surface area contributed by atoms with Crippen LogP contribution in [0.3, 0.4) is 0 Å². The molecule has 0 aliphatic heterocycles. The molecular weight excluding hydrogens is 394 g/mol. The number of H-pyrrole nitrogens is 1. The number of nitrogens with one attached hydrogen (secondary N) is 3. The van der Waals surface area contributed by atoms with E-state index in [1.165, 1.54) is 0 Å². The van der Waals surface area contributed by atoms with E-state index in [0.29, 0.717) is 36.4 Å². The van der Waals surface area contributed by atoms with E-state index in [-0.39, 0.29) is 5.75 Å². The lowest BCUT2D eigenvalue weighted by atomic mass is 10.1. The van der Waals surface area contributed by atoms with Gasteiger partial charge in [0.2, 0.25) is 15.9 Å². The van der Waals surface area contributed by atoms with Crippen molar-refractivity contribution in [3.05, 3.63) is 48.5 Å². The fourth-order valence-corrected chi connectivity index (χ4v) is 3.07. The average Bonchev–Trinajstić information content (AvgIpc) is 3.17. The Morgan fingerprint density at radius 3 is 2.59 bits per heavy atom. The summed E-state index contributed by atoms with van der Waals surface area (Å²) in [5.41, 5.74) is 2.17. The molecule has 3 rings (SSSR count). The van der Waals surface area contributed by atoms with Gasteiger partial charge in [0.15, 0.2) is 5.82 Å². The van der Waals surface area contributed by atoms with Gasteiger partial charge in [-0.1, -0.05) is 18.2 Å². The van der Waals surface area contributed by atoms with Crippen LogP contribution in [0, 0.1) is 0 Å². The van der Waals surface area contributed by atoms with Crippen LogP contribution in [-0.2, 0) is 14.8 Å². The van der Waals surface area contributed by atoms with E-state index in [1.54, 1.807) is 32.2 Å². The third-order valence-electron chi connectivity index (χ3n) is 3.94. The molecule has 0 saturated carbocycles. The van der Waals surface area contributed by atoms with Gasteiger partial charge >= 0.3 is 0 Å². The first-order valence-corrected chi connectivity index (χ1v) is 10.7. The number of hydrogen-bond acceptors (Lipinski definition) is 7. The molecule has 3 aromatic rings. The maximum absolute atomic E-state index is 11.6. The van der Waals surface area contributed by atoms with Crippen LogP contribution in [0.1, 0.15) is 6.92 Å². The summed E-state index contributed by atoms with van der Waals surface area (Å²) in [6, 6.07) is 14.3. The molecule has 0 unspecified atom stereocenters. The van der Waals surface area contributed by atoms with Crippen LogP contribution in [-0.4, -0.2) is 49.7 Å². The number of methoxy groups -OCH3 is 1. The fourth-order valence-electron chi connectivity index (χ4n) is 2.43. The Morgan fingerprint density at radius 2 is 1.86 bits per heavy atom. The smallest absolute Gasteiger partial charge is 0.232 e. The van der Waals surface area contributed by atoms with Gasteiger partial charge < -0.3 is 14.8 Å². The highest BCUT2D eigenvalue weighted by Crippen LogP contribution is 2.24. The van der Waals surface area contributed by atoms with E-state index in [1.807, 2.05) is 30.3 Å². The lowest BCUT2D eigenvalue weighted by molar-refractivity contribution is 0.144. The first kappa shape index (κ1) is 20.6. The number of benzene rings is 1. The van der Waals surface area contributed by atoms with Crippen molar-refractivity contribution in [2.45, 2.75) is 6.92 Å². The average molecular weight is 417 g/mol. The van der Waals surface area contributed by atoms with Crippen molar-refractivity contribution in [3.63, 3.8) is 0 Å². The van der Waals surface area contributed by atoms with Crippen LogP contribution < -0.4 is 14.8 Å². The number of anilines is 3. The van der Waals surface area contributed by atoms with Gasteiger partial charge in [0, 0.05) is 24.9 Å². The zero-order valence-electron chi connectivity index (χ0n) is 16.2. The van der Waals surface area contributed by atoms with E-state index < -0.39 is 10.0 Å². The molecule has 0 radical (unpaired) electrons. The van der Waals surface area contributed by atoms with Gasteiger partial charge in [-0.3, -0.25) is 9.82 Å². The van der Waals surface area contributed by atoms with Crippen molar-refractivity contribution in [3.8, 4) is 17.1 Å². The molecule has 0 spiro atoms. The van der Waals surface area contributed by atoms with Gasteiger partial charge in [0.1, 0.15) is 12.4 Å². The molecule has 0 aliphatic rings. The van der Waals surface area contributed by atoms with E-state index in [0.717, 1.165) is 11.3 Å². The summed E-state index contributed by atoms with van der Waals surface area (Å²) >= 11 is 0. The van der Waals surface area contributed by atoms with E-state index in [2.05, 4.69) is 25.2 Å². The van der Waals surface area contributed by atoms with Crippen molar-refractivity contribution in [2.75, 3.05) is 36.1 Å². The Hall–Kier alpha value is -3.11. The lowest BCUT2D eigenvalue weighted by Crippen LogP contribution is -2.14. The molecule has 154 valence electrons. The lowest BCUT2D eigenvalue weighted by Gasteiger charge is -2.07. The Morgan fingerprint density at radius 1 is 1.07 bits per heavy atom. The number of aromatic amines is 1. The normalized spacial score (nSPS) is 11.2. The van der Waals surface area contributed by atoms with Crippen LogP contribution in [0.5, 0.6) is 5.88 Å². The van der Waals surface area contributed by atoms with E-state index in [9.17, 15) is 8.42 Å². The molecule has 2 heterocycles. The van der Waals surface area contributed by atoms with Gasteiger partial charge in [-0.2, -0.15) is 10.1 Å². The molecule has 2 aromatic heterocycles. The SMILES string of the molecule is CCS(=O)(=O)Nc1ccc(-c2cc(Nc3cccc(OCCOC)n3)n[nH]2)cc1. The topological polar surface area (TPSA) is 118 Å². The molecule has 9 nitrogen and oxygen atoms in total.